The summed E-state index contributed by atoms with van der Waals surface area (Å²) in [7, 11) is 0. The molecule has 0 spiro atoms. The standard InChI is InChI=1S/C12H14ClN/c13-11-3-1-2-10-9(11)6-7-14-12(10)8-4-5-8/h1-3,8,12,14H,4-7H2. The zero-order valence-electron chi connectivity index (χ0n) is 8.09. The van der Waals surface area contributed by atoms with Crippen molar-refractivity contribution in [2.45, 2.75) is 25.3 Å². The number of hydrogen-bond acceptors (Lipinski definition) is 1. The summed E-state index contributed by atoms with van der Waals surface area (Å²) in [6, 6.07) is 6.90. The average molecular weight is 208 g/mol. The second kappa shape index (κ2) is 3.25. The second-order valence-electron chi connectivity index (χ2n) is 4.33. The van der Waals surface area contributed by atoms with Crippen LogP contribution in [0.3, 0.4) is 0 Å². The van der Waals surface area contributed by atoms with E-state index in [1.165, 1.54) is 24.0 Å². The van der Waals surface area contributed by atoms with E-state index in [1.807, 2.05) is 6.07 Å². The Bertz CT molecular complexity index is 357. The molecule has 74 valence electrons. The van der Waals surface area contributed by atoms with Crippen LogP contribution in [0.4, 0.5) is 0 Å². The van der Waals surface area contributed by atoms with Crippen LogP contribution in [-0.2, 0) is 6.42 Å². The highest BCUT2D eigenvalue weighted by Crippen LogP contribution is 2.44. The second-order valence-corrected chi connectivity index (χ2v) is 4.73. The number of nitrogens with one attached hydrogen (secondary N) is 1. The first-order valence-corrected chi connectivity index (χ1v) is 5.75. The van der Waals surface area contributed by atoms with Gasteiger partial charge < -0.3 is 5.32 Å². The van der Waals surface area contributed by atoms with Crippen molar-refractivity contribution in [2.75, 3.05) is 6.54 Å². The molecule has 0 saturated heterocycles. The van der Waals surface area contributed by atoms with E-state index in [-0.39, 0.29) is 0 Å². The van der Waals surface area contributed by atoms with Crippen molar-refractivity contribution in [3.05, 3.63) is 34.3 Å². The zero-order valence-corrected chi connectivity index (χ0v) is 8.85. The van der Waals surface area contributed by atoms with E-state index >= 15 is 0 Å². The number of halogens is 1. The maximum absolute atomic E-state index is 6.20. The van der Waals surface area contributed by atoms with E-state index < -0.39 is 0 Å². The van der Waals surface area contributed by atoms with Crippen LogP contribution in [-0.4, -0.2) is 6.54 Å². The fourth-order valence-corrected chi connectivity index (χ4v) is 2.72. The van der Waals surface area contributed by atoms with Gasteiger partial charge in [0.05, 0.1) is 0 Å². The summed E-state index contributed by atoms with van der Waals surface area (Å²) >= 11 is 6.20. The normalized spacial score (nSPS) is 25.9. The third-order valence-electron chi connectivity index (χ3n) is 3.32. The molecule has 1 unspecified atom stereocenters. The minimum Gasteiger partial charge on any atom is -0.309 e. The van der Waals surface area contributed by atoms with E-state index in [4.69, 9.17) is 11.6 Å². The van der Waals surface area contributed by atoms with Crippen molar-refractivity contribution in [1.29, 1.82) is 0 Å². The lowest BCUT2D eigenvalue weighted by Crippen LogP contribution is -2.31. The maximum atomic E-state index is 6.20. The Morgan fingerprint density at radius 3 is 2.93 bits per heavy atom. The van der Waals surface area contributed by atoms with Crippen LogP contribution >= 0.6 is 11.6 Å². The van der Waals surface area contributed by atoms with Crippen molar-refractivity contribution in [3.8, 4) is 0 Å². The monoisotopic (exact) mass is 207 g/mol. The highest BCUT2D eigenvalue weighted by molar-refractivity contribution is 6.31. The van der Waals surface area contributed by atoms with Crippen LogP contribution in [0.25, 0.3) is 0 Å². The van der Waals surface area contributed by atoms with Gasteiger partial charge in [-0.05, 0) is 48.9 Å². The minimum absolute atomic E-state index is 0.581. The quantitative estimate of drug-likeness (QED) is 0.747. The first-order valence-electron chi connectivity index (χ1n) is 5.37. The molecule has 1 heterocycles. The van der Waals surface area contributed by atoms with Crippen LogP contribution in [0.2, 0.25) is 5.02 Å². The Morgan fingerprint density at radius 1 is 1.29 bits per heavy atom. The van der Waals surface area contributed by atoms with Crippen LogP contribution in [0, 0.1) is 5.92 Å². The fourth-order valence-electron chi connectivity index (χ4n) is 2.44. The first-order chi connectivity index (χ1) is 6.86. The summed E-state index contributed by atoms with van der Waals surface area (Å²) in [6.07, 6.45) is 3.84. The molecule has 1 aromatic rings. The first kappa shape index (κ1) is 8.75. The van der Waals surface area contributed by atoms with Gasteiger partial charge in [-0.2, -0.15) is 0 Å². The number of benzene rings is 1. The summed E-state index contributed by atoms with van der Waals surface area (Å²) in [5, 5.41) is 4.56. The molecular weight excluding hydrogens is 194 g/mol. The molecular formula is C12H14ClN. The van der Waals surface area contributed by atoms with Crippen molar-refractivity contribution in [1.82, 2.24) is 5.32 Å². The van der Waals surface area contributed by atoms with Gasteiger partial charge in [-0.1, -0.05) is 23.7 Å². The molecule has 0 bridgehead atoms. The van der Waals surface area contributed by atoms with E-state index in [0.717, 1.165) is 23.9 Å². The van der Waals surface area contributed by atoms with Gasteiger partial charge in [0.25, 0.3) is 0 Å². The molecule has 1 N–H and O–H groups in total. The molecule has 1 fully saturated rings. The third kappa shape index (κ3) is 1.35. The molecule has 1 aromatic carbocycles. The highest BCUT2D eigenvalue weighted by atomic mass is 35.5. The van der Waals surface area contributed by atoms with Gasteiger partial charge in [0.15, 0.2) is 0 Å². The Kier molecular flexibility index (Phi) is 2.03. The molecule has 0 radical (unpaired) electrons. The zero-order chi connectivity index (χ0) is 9.54. The lowest BCUT2D eigenvalue weighted by Gasteiger charge is -2.27. The van der Waals surface area contributed by atoms with Crippen LogP contribution in [0.1, 0.15) is 30.0 Å². The van der Waals surface area contributed by atoms with Crippen LogP contribution in [0.15, 0.2) is 18.2 Å². The summed E-state index contributed by atoms with van der Waals surface area (Å²) in [4.78, 5) is 0. The number of fused-ring (bicyclic) bond motifs is 1. The Hall–Kier alpha value is -0.530. The van der Waals surface area contributed by atoms with Gasteiger partial charge >= 0.3 is 0 Å². The van der Waals surface area contributed by atoms with E-state index in [9.17, 15) is 0 Å². The topological polar surface area (TPSA) is 12.0 Å². The summed E-state index contributed by atoms with van der Waals surface area (Å²) < 4.78 is 0. The Balaban J connectivity index is 2.05. The molecule has 1 saturated carbocycles. The molecule has 1 atom stereocenters. The molecule has 2 heteroatoms. The largest absolute Gasteiger partial charge is 0.309 e. The Labute approximate surface area is 89.5 Å². The molecule has 0 aromatic heterocycles. The number of rotatable bonds is 1. The van der Waals surface area contributed by atoms with Gasteiger partial charge in [-0.3, -0.25) is 0 Å². The van der Waals surface area contributed by atoms with Gasteiger partial charge in [-0.25, -0.2) is 0 Å². The Morgan fingerprint density at radius 2 is 2.14 bits per heavy atom. The van der Waals surface area contributed by atoms with Gasteiger partial charge in [0, 0.05) is 11.1 Å². The van der Waals surface area contributed by atoms with E-state index in [1.54, 1.807) is 0 Å². The summed E-state index contributed by atoms with van der Waals surface area (Å²) in [5.74, 6) is 0.868. The van der Waals surface area contributed by atoms with Crippen molar-refractivity contribution >= 4 is 11.6 Å². The lowest BCUT2D eigenvalue weighted by atomic mass is 9.91. The predicted octanol–water partition coefficient (Wildman–Crippen LogP) is 2.94. The molecule has 3 rings (SSSR count). The van der Waals surface area contributed by atoms with Gasteiger partial charge in [0.1, 0.15) is 0 Å². The molecule has 14 heavy (non-hydrogen) atoms. The van der Waals surface area contributed by atoms with Gasteiger partial charge in [-0.15, -0.1) is 0 Å². The molecule has 1 nitrogen and oxygen atoms in total. The number of hydrogen-bond donors (Lipinski definition) is 1. The molecule has 1 aliphatic heterocycles. The van der Waals surface area contributed by atoms with Crippen molar-refractivity contribution < 1.29 is 0 Å². The third-order valence-corrected chi connectivity index (χ3v) is 3.68. The maximum Gasteiger partial charge on any atom is 0.0441 e. The van der Waals surface area contributed by atoms with Crippen molar-refractivity contribution in [3.63, 3.8) is 0 Å². The van der Waals surface area contributed by atoms with Gasteiger partial charge in [0.2, 0.25) is 0 Å². The van der Waals surface area contributed by atoms with Crippen LogP contribution in [0.5, 0.6) is 0 Å². The molecule has 1 aliphatic carbocycles. The highest BCUT2D eigenvalue weighted by Gasteiger charge is 2.35. The molecule has 0 amide bonds. The van der Waals surface area contributed by atoms with E-state index in [2.05, 4.69) is 17.4 Å². The fraction of sp³-hybridized carbons (Fsp3) is 0.500. The lowest BCUT2D eigenvalue weighted by molar-refractivity contribution is 0.458. The van der Waals surface area contributed by atoms with Crippen molar-refractivity contribution in [2.24, 2.45) is 5.92 Å². The predicted molar refractivity (Wildman–Crippen MR) is 58.6 cm³/mol. The van der Waals surface area contributed by atoms with E-state index in [0.29, 0.717) is 6.04 Å². The smallest absolute Gasteiger partial charge is 0.0441 e. The summed E-state index contributed by atoms with van der Waals surface area (Å²) in [6.45, 7) is 1.08. The average Bonchev–Trinajstić information content (AvgIpc) is 3.01. The van der Waals surface area contributed by atoms with Crippen LogP contribution < -0.4 is 5.32 Å². The minimum atomic E-state index is 0.581. The SMILES string of the molecule is Clc1cccc2c1CCNC2C1CC1. The molecule has 2 aliphatic rings. The summed E-state index contributed by atoms with van der Waals surface area (Å²) in [5.41, 5.74) is 2.83.